The number of alkyl halides is 3. The van der Waals surface area contributed by atoms with Crippen LogP contribution in [-0.2, 0) is 19.1 Å². The van der Waals surface area contributed by atoms with Crippen LogP contribution in [0.3, 0.4) is 0 Å². The number of hydrogen-bond donors (Lipinski definition) is 0. The Bertz CT molecular complexity index is 1040. The van der Waals surface area contributed by atoms with Crippen LogP contribution in [0.25, 0.3) is 10.9 Å². The Labute approximate surface area is 177 Å². The van der Waals surface area contributed by atoms with Gasteiger partial charge in [-0.2, -0.15) is 24.9 Å². The van der Waals surface area contributed by atoms with Crippen molar-refractivity contribution < 1.29 is 18.0 Å². The first kappa shape index (κ1) is 21.8. The number of thioether (sulfide) groups is 1. The summed E-state index contributed by atoms with van der Waals surface area (Å²) in [5, 5.41) is 1.22. The second-order valence-electron chi connectivity index (χ2n) is 6.85. The SMILES string of the molecule is CSCCCn1c(C)c(C(=O)Cc2ccccc2C(F)(F)F)c2cccc(Cl)c21. The number of benzene rings is 2. The van der Waals surface area contributed by atoms with Crippen molar-refractivity contribution in [1.29, 1.82) is 0 Å². The van der Waals surface area contributed by atoms with Gasteiger partial charge in [-0.3, -0.25) is 4.79 Å². The number of carbonyl (C=O) groups excluding carboxylic acids is 1. The van der Waals surface area contributed by atoms with Crippen LogP contribution in [0.5, 0.6) is 0 Å². The van der Waals surface area contributed by atoms with E-state index >= 15 is 0 Å². The molecule has 0 aliphatic rings. The van der Waals surface area contributed by atoms with E-state index in [4.69, 9.17) is 11.6 Å². The predicted octanol–water partition coefficient (Wildman–Crippen LogP) is 6.80. The number of halogens is 4. The molecule has 3 rings (SSSR count). The van der Waals surface area contributed by atoms with Gasteiger partial charge in [0.1, 0.15) is 0 Å². The van der Waals surface area contributed by atoms with Crippen LogP contribution in [-0.4, -0.2) is 22.4 Å². The number of aromatic nitrogens is 1. The number of fused-ring (bicyclic) bond motifs is 1. The number of carbonyl (C=O) groups is 1. The van der Waals surface area contributed by atoms with Gasteiger partial charge in [0.05, 0.1) is 16.1 Å². The van der Waals surface area contributed by atoms with E-state index < -0.39 is 11.7 Å². The number of rotatable bonds is 7. The molecule has 0 bridgehead atoms. The van der Waals surface area contributed by atoms with E-state index in [1.165, 1.54) is 18.2 Å². The zero-order chi connectivity index (χ0) is 21.2. The van der Waals surface area contributed by atoms with E-state index in [2.05, 4.69) is 0 Å². The molecule has 7 heteroatoms. The van der Waals surface area contributed by atoms with Gasteiger partial charge in [0.2, 0.25) is 0 Å². The van der Waals surface area contributed by atoms with E-state index in [0.29, 0.717) is 22.5 Å². The van der Waals surface area contributed by atoms with E-state index in [-0.39, 0.29) is 17.8 Å². The molecule has 154 valence electrons. The molecule has 2 nitrogen and oxygen atoms in total. The minimum Gasteiger partial charge on any atom is -0.343 e. The average molecular weight is 440 g/mol. The van der Waals surface area contributed by atoms with Gasteiger partial charge in [0, 0.05) is 29.6 Å². The first-order valence-electron chi connectivity index (χ1n) is 9.20. The predicted molar refractivity (Wildman–Crippen MR) is 114 cm³/mol. The summed E-state index contributed by atoms with van der Waals surface area (Å²) in [6.07, 6.45) is -1.88. The zero-order valence-corrected chi connectivity index (χ0v) is 17.7. The van der Waals surface area contributed by atoms with Crippen LogP contribution in [0.2, 0.25) is 5.02 Å². The minimum atomic E-state index is -4.50. The molecule has 2 aromatic carbocycles. The number of ketones is 1. The average Bonchev–Trinajstić information content (AvgIpc) is 2.94. The van der Waals surface area contributed by atoms with Crippen molar-refractivity contribution >= 4 is 40.0 Å². The van der Waals surface area contributed by atoms with Gasteiger partial charge in [0.25, 0.3) is 0 Å². The molecule has 0 amide bonds. The lowest BCUT2D eigenvalue weighted by molar-refractivity contribution is -0.138. The smallest absolute Gasteiger partial charge is 0.343 e. The van der Waals surface area contributed by atoms with Gasteiger partial charge in [-0.15, -0.1) is 0 Å². The van der Waals surface area contributed by atoms with Crippen molar-refractivity contribution in [1.82, 2.24) is 4.57 Å². The number of aryl methyl sites for hydroxylation is 1. The molecular formula is C22H21ClF3NOS. The van der Waals surface area contributed by atoms with Gasteiger partial charge in [-0.25, -0.2) is 0 Å². The highest BCUT2D eigenvalue weighted by Gasteiger charge is 2.33. The third-order valence-electron chi connectivity index (χ3n) is 4.98. The molecule has 0 aliphatic carbocycles. The first-order chi connectivity index (χ1) is 13.8. The van der Waals surface area contributed by atoms with Gasteiger partial charge < -0.3 is 4.57 Å². The lowest BCUT2D eigenvalue weighted by Gasteiger charge is -2.12. The first-order valence-corrected chi connectivity index (χ1v) is 11.0. The maximum Gasteiger partial charge on any atom is 0.416 e. The second-order valence-corrected chi connectivity index (χ2v) is 8.24. The molecular weight excluding hydrogens is 419 g/mol. The Kier molecular flexibility index (Phi) is 6.64. The van der Waals surface area contributed by atoms with Crippen LogP contribution < -0.4 is 0 Å². The molecule has 0 fully saturated rings. The van der Waals surface area contributed by atoms with Crippen LogP contribution in [0.15, 0.2) is 42.5 Å². The summed E-state index contributed by atoms with van der Waals surface area (Å²) in [4.78, 5) is 13.2. The van der Waals surface area contributed by atoms with Gasteiger partial charge >= 0.3 is 6.18 Å². The third kappa shape index (κ3) is 4.48. The summed E-state index contributed by atoms with van der Waals surface area (Å²) < 4.78 is 42.0. The molecule has 0 saturated heterocycles. The topological polar surface area (TPSA) is 22.0 Å². The standard InChI is InChI=1S/C22H21ClF3NOS/c1-14-20(19(28)13-15-7-3-4-9-17(15)22(24,25)26)16-8-5-10-18(23)21(16)27(14)11-6-12-29-2/h3-5,7-10H,6,11-13H2,1-2H3. The summed E-state index contributed by atoms with van der Waals surface area (Å²) in [5.74, 6) is 0.626. The van der Waals surface area contributed by atoms with Crippen molar-refractivity contribution in [2.45, 2.75) is 32.5 Å². The van der Waals surface area contributed by atoms with Crippen LogP contribution in [0.4, 0.5) is 13.2 Å². The summed E-state index contributed by atoms with van der Waals surface area (Å²) in [5.41, 5.74) is 1.16. The molecule has 0 unspecified atom stereocenters. The van der Waals surface area contributed by atoms with E-state index in [1.807, 2.05) is 23.8 Å². The molecule has 0 radical (unpaired) electrons. The third-order valence-corrected chi connectivity index (χ3v) is 5.98. The molecule has 0 saturated carbocycles. The van der Waals surface area contributed by atoms with E-state index in [9.17, 15) is 18.0 Å². The summed E-state index contributed by atoms with van der Waals surface area (Å²) in [6, 6.07) is 10.6. The van der Waals surface area contributed by atoms with E-state index in [0.717, 1.165) is 29.5 Å². The number of hydrogen-bond acceptors (Lipinski definition) is 2. The lowest BCUT2D eigenvalue weighted by Crippen LogP contribution is -2.13. The Morgan fingerprint density at radius 1 is 1.14 bits per heavy atom. The molecule has 0 spiro atoms. The van der Waals surface area contributed by atoms with Gasteiger partial charge in [-0.05, 0) is 43.0 Å². The van der Waals surface area contributed by atoms with Crippen LogP contribution in [0.1, 0.15) is 33.6 Å². The highest BCUT2D eigenvalue weighted by atomic mass is 35.5. The highest BCUT2D eigenvalue weighted by Crippen LogP contribution is 2.35. The fraction of sp³-hybridized carbons (Fsp3) is 0.318. The summed E-state index contributed by atoms with van der Waals surface area (Å²) in [7, 11) is 0. The number of para-hydroxylation sites is 1. The summed E-state index contributed by atoms with van der Waals surface area (Å²) in [6.45, 7) is 2.53. The Morgan fingerprint density at radius 2 is 1.86 bits per heavy atom. The number of nitrogens with zero attached hydrogens (tertiary/aromatic N) is 1. The number of Topliss-reactive ketones (excluding diaryl/α,β-unsaturated/α-hetero) is 1. The van der Waals surface area contributed by atoms with Crippen LogP contribution in [0, 0.1) is 6.92 Å². The highest BCUT2D eigenvalue weighted by molar-refractivity contribution is 7.98. The molecule has 1 aromatic heterocycles. The zero-order valence-electron chi connectivity index (χ0n) is 16.1. The van der Waals surface area contributed by atoms with Gasteiger partial charge in [0.15, 0.2) is 5.78 Å². The minimum absolute atomic E-state index is 0.0188. The largest absolute Gasteiger partial charge is 0.416 e. The van der Waals surface area contributed by atoms with Crippen LogP contribution >= 0.6 is 23.4 Å². The Hall–Kier alpha value is -1.92. The summed E-state index contributed by atoms with van der Waals surface area (Å²) >= 11 is 8.16. The Balaban J connectivity index is 2.06. The maximum atomic E-state index is 13.3. The fourth-order valence-corrected chi connectivity index (χ4v) is 4.39. The van der Waals surface area contributed by atoms with E-state index in [1.54, 1.807) is 23.9 Å². The van der Waals surface area contributed by atoms with Gasteiger partial charge in [-0.1, -0.05) is 41.9 Å². The van der Waals surface area contributed by atoms with Crippen molar-refractivity contribution in [2.75, 3.05) is 12.0 Å². The molecule has 0 atom stereocenters. The molecule has 0 N–H and O–H groups in total. The monoisotopic (exact) mass is 439 g/mol. The molecule has 1 heterocycles. The normalized spacial score (nSPS) is 11.9. The Morgan fingerprint density at radius 3 is 2.55 bits per heavy atom. The molecule has 0 aliphatic heterocycles. The van der Waals surface area contributed by atoms with Crippen molar-refractivity contribution in [3.63, 3.8) is 0 Å². The second kappa shape index (κ2) is 8.84. The molecule has 3 aromatic rings. The molecule has 29 heavy (non-hydrogen) atoms. The fourth-order valence-electron chi connectivity index (χ4n) is 3.70. The quantitative estimate of drug-likeness (QED) is 0.298. The lowest BCUT2D eigenvalue weighted by atomic mass is 9.97. The van der Waals surface area contributed by atoms with Crippen molar-refractivity contribution in [2.24, 2.45) is 0 Å². The van der Waals surface area contributed by atoms with Crippen molar-refractivity contribution in [3.8, 4) is 0 Å². The van der Waals surface area contributed by atoms with Crippen molar-refractivity contribution in [3.05, 3.63) is 69.9 Å². The maximum absolute atomic E-state index is 13.3.